The average Bonchev–Trinajstić information content (AvgIpc) is 2.56. The lowest BCUT2D eigenvalue weighted by atomic mass is 10.1. The second kappa shape index (κ2) is 8.13. The predicted octanol–water partition coefficient (Wildman–Crippen LogP) is 4.11. The summed E-state index contributed by atoms with van der Waals surface area (Å²) in [5, 5.41) is 0.396. The van der Waals surface area contributed by atoms with E-state index in [9.17, 15) is 14.0 Å². The fourth-order valence-electron chi connectivity index (χ4n) is 1.97. The quantitative estimate of drug-likeness (QED) is 0.567. The summed E-state index contributed by atoms with van der Waals surface area (Å²) in [6.07, 6.45) is -0.359. The molecule has 0 aliphatic carbocycles. The Hall–Kier alpha value is -2.11. The van der Waals surface area contributed by atoms with Crippen molar-refractivity contribution in [3.63, 3.8) is 0 Å². The predicted molar refractivity (Wildman–Crippen MR) is 88.4 cm³/mol. The van der Waals surface area contributed by atoms with Crippen LogP contribution in [0.3, 0.4) is 0 Å². The second-order valence-corrected chi connectivity index (χ2v) is 5.62. The Morgan fingerprint density at radius 1 is 1.12 bits per heavy atom. The first-order chi connectivity index (χ1) is 11.4. The van der Waals surface area contributed by atoms with E-state index >= 15 is 0 Å². The molecule has 0 aliphatic heterocycles. The minimum absolute atomic E-state index is 0.0316. The molecule has 0 aliphatic rings. The lowest BCUT2D eigenvalue weighted by Crippen LogP contribution is -2.16. The molecule has 0 unspecified atom stereocenters. The Kier molecular flexibility index (Phi) is 6.17. The SMILES string of the molecule is COc1ccc(C(=O)COC(=O)Cc2c(F)cccc2Cl)cc1Cl. The Morgan fingerprint density at radius 2 is 1.88 bits per heavy atom. The van der Waals surface area contributed by atoms with Gasteiger partial charge < -0.3 is 9.47 Å². The molecule has 0 amide bonds. The van der Waals surface area contributed by atoms with Crippen LogP contribution in [0, 0.1) is 5.82 Å². The van der Waals surface area contributed by atoms with Crippen molar-refractivity contribution in [2.24, 2.45) is 0 Å². The van der Waals surface area contributed by atoms with E-state index in [0.717, 1.165) is 0 Å². The van der Waals surface area contributed by atoms with Crippen molar-refractivity contribution in [2.45, 2.75) is 6.42 Å². The summed E-state index contributed by atoms with van der Waals surface area (Å²) in [6.45, 7) is -0.479. The second-order valence-electron chi connectivity index (χ2n) is 4.81. The van der Waals surface area contributed by atoms with Crippen LogP contribution in [0.1, 0.15) is 15.9 Å². The van der Waals surface area contributed by atoms with E-state index < -0.39 is 24.2 Å². The van der Waals surface area contributed by atoms with Gasteiger partial charge >= 0.3 is 5.97 Å². The zero-order valence-corrected chi connectivity index (χ0v) is 14.2. The fraction of sp³-hybridized carbons (Fsp3) is 0.176. The molecule has 0 heterocycles. The third-order valence-electron chi connectivity index (χ3n) is 3.22. The summed E-state index contributed by atoms with van der Waals surface area (Å²) in [6, 6.07) is 8.57. The number of esters is 1. The van der Waals surface area contributed by atoms with Gasteiger partial charge in [0.05, 0.1) is 18.6 Å². The highest BCUT2D eigenvalue weighted by Crippen LogP contribution is 2.25. The van der Waals surface area contributed by atoms with Crippen LogP contribution in [-0.4, -0.2) is 25.5 Å². The first kappa shape index (κ1) is 18.2. The molecule has 0 fully saturated rings. The molecular weight excluding hydrogens is 358 g/mol. The molecule has 0 spiro atoms. The molecule has 0 atom stereocenters. The summed E-state index contributed by atoms with van der Waals surface area (Å²) in [5.74, 6) is -1.37. The summed E-state index contributed by atoms with van der Waals surface area (Å²) in [5.41, 5.74) is 0.307. The summed E-state index contributed by atoms with van der Waals surface area (Å²) >= 11 is 11.8. The van der Waals surface area contributed by atoms with Gasteiger partial charge in [-0.1, -0.05) is 29.3 Å². The van der Waals surface area contributed by atoms with E-state index in [0.29, 0.717) is 5.75 Å². The third-order valence-corrected chi connectivity index (χ3v) is 3.87. The fourth-order valence-corrected chi connectivity index (χ4v) is 2.45. The van der Waals surface area contributed by atoms with Crippen molar-refractivity contribution in [2.75, 3.05) is 13.7 Å². The maximum atomic E-state index is 13.6. The van der Waals surface area contributed by atoms with E-state index in [1.165, 1.54) is 43.5 Å². The maximum Gasteiger partial charge on any atom is 0.310 e. The van der Waals surface area contributed by atoms with Gasteiger partial charge in [0.25, 0.3) is 0 Å². The van der Waals surface area contributed by atoms with E-state index in [-0.39, 0.29) is 27.6 Å². The number of ether oxygens (including phenoxy) is 2. The van der Waals surface area contributed by atoms with Crippen molar-refractivity contribution in [1.82, 2.24) is 0 Å². The molecule has 0 N–H and O–H groups in total. The van der Waals surface area contributed by atoms with Gasteiger partial charge in [0, 0.05) is 16.1 Å². The molecule has 4 nitrogen and oxygen atoms in total. The van der Waals surface area contributed by atoms with Crippen molar-refractivity contribution < 1.29 is 23.5 Å². The lowest BCUT2D eigenvalue weighted by molar-refractivity contribution is -0.141. The third kappa shape index (κ3) is 4.46. The van der Waals surface area contributed by atoms with Gasteiger partial charge in [-0.05, 0) is 30.3 Å². The van der Waals surface area contributed by atoms with Crippen molar-refractivity contribution >= 4 is 35.0 Å². The number of halogens is 3. The van der Waals surface area contributed by atoms with Gasteiger partial charge in [0.2, 0.25) is 0 Å². The van der Waals surface area contributed by atoms with Gasteiger partial charge in [0.1, 0.15) is 11.6 Å². The summed E-state index contributed by atoms with van der Waals surface area (Å²) in [4.78, 5) is 23.8. The maximum absolute atomic E-state index is 13.6. The largest absolute Gasteiger partial charge is 0.495 e. The van der Waals surface area contributed by atoms with Crippen LogP contribution in [0.4, 0.5) is 4.39 Å². The smallest absolute Gasteiger partial charge is 0.310 e. The number of rotatable bonds is 6. The molecule has 7 heteroatoms. The Bertz CT molecular complexity index is 757. The van der Waals surface area contributed by atoms with E-state index in [1.54, 1.807) is 0 Å². The highest BCUT2D eigenvalue weighted by atomic mass is 35.5. The highest BCUT2D eigenvalue weighted by Gasteiger charge is 2.15. The van der Waals surface area contributed by atoms with Gasteiger partial charge in [-0.3, -0.25) is 9.59 Å². The Balaban J connectivity index is 1.96. The minimum Gasteiger partial charge on any atom is -0.495 e. The first-order valence-electron chi connectivity index (χ1n) is 6.87. The number of hydrogen-bond acceptors (Lipinski definition) is 4. The van der Waals surface area contributed by atoms with Crippen LogP contribution in [0.15, 0.2) is 36.4 Å². The molecule has 2 rings (SSSR count). The van der Waals surface area contributed by atoms with Crippen LogP contribution in [0.25, 0.3) is 0 Å². The molecule has 2 aromatic rings. The normalized spacial score (nSPS) is 10.3. The van der Waals surface area contributed by atoms with Crippen molar-refractivity contribution in [3.05, 3.63) is 63.4 Å². The highest BCUT2D eigenvalue weighted by molar-refractivity contribution is 6.32. The Labute approximate surface area is 148 Å². The van der Waals surface area contributed by atoms with Crippen LogP contribution in [0.2, 0.25) is 10.0 Å². The number of ketones is 1. The standard InChI is InChI=1S/C17H13Cl2FO4/c1-23-16-6-5-10(7-13(16)19)15(21)9-24-17(22)8-11-12(18)3-2-4-14(11)20/h2-7H,8-9H2,1H3. The van der Waals surface area contributed by atoms with Crippen LogP contribution in [-0.2, 0) is 16.0 Å². The van der Waals surface area contributed by atoms with Gasteiger partial charge in [-0.2, -0.15) is 0 Å². The van der Waals surface area contributed by atoms with Crippen LogP contribution >= 0.6 is 23.2 Å². The molecule has 2 aromatic carbocycles. The zero-order valence-electron chi connectivity index (χ0n) is 12.6. The van der Waals surface area contributed by atoms with E-state index in [1.807, 2.05) is 0 Å². The first-order valence-corrected chi connectivity index (χ1v) is 7.63. The molecule has 0 bridgehead atoms. The lowest BCUT2D eigenvalue weighted by Gasteiger charge is -2.08. The molecule has 126 valence electrons. The number of methoxy groups -OCH3 is 1. The number of carbonyl (C=O) groups excluding carboxylic acids is 2. The van der Waals surface area contributed by atoms with E-state index in [2.05, 4.69) is 0 Å². The van der Waals surface area contributed by atoms with Gasteiger partial charge in [-0.25, -0.2) is 4.39 Å². The molecule has 0 saturated carbocycles. The molecule has 0 saturated heterocycles. The minimum atomic E-state index is -0.755. The number of Topliss-reactive ketones (excluding diaryl/α,β-unsaturated/α-hetero) is 1. The number of benzene rings is 2. The molecular formula is C17H13Cl2FO4. The Morgan fingerprint density at radius 3 is 2.50 bits per heavy atom. The van der Waals surface area contributed by atoms with Crippen molar-refractivity contribution in [1.29, 1.82) is 0 Å². The van der Waals surface area contributed by atoms with Gasteiger partial charge in [-0.15, -0.1) is 0 Å². The van der Waals surface area contributed by atoms with Crippen LogP contribution < -0.4 is 4.74 Å². The topological polar surface area (TPSA) is 52.6 Å². The van der Waals surface area contributed by atoms with Crippen molar-refractivity contribution in [3.8, 4) is 5.75 Å². The zero-order chi connectivity index (χ0) is 17.7. The number of hydrogen-bond donors (Lipinski definition) is 0. The van der Waals surface area contributed by atoms with E-state index in [4.69, 9.17) is 32.7 Å². The molecule has 24 heavy (non-hydrogen) atoms. The average molecular weight is 371 g/mol. The summed E-state index contributed by atoms with van der Waals surface area (Å²) in [7, 11) is 1.46. The van der Waals surface area contributed by atoms with Gasteiger partial charge in [0.15, 0.2) is 12.4 Å². The van der Waals surface area contributed by atoms with Crippen LogP contribution in [0.5, 0.6) is 5.75 Å². The molecule has 0 aromatic heterocycles. The monoisotopic (exact) mass is 370 g/mol. The number of carbonyl (C=O) groups is 2. The summed E-state index contributed by atoms with van der Waals surface area (Å²) < 4.78 is 23.5. The molecule has 0 radical (unpaired) electrons.